The Hall–Kier alpha value is 0.0300. The largest absolute Gasteiger partial charge is 0.119 e. The van der Waals surface area contributed by atoms with Gasteiger partial charge in [-0.05, 0) is 19.3 Å². The number of allylic oxidation sites excluding steroid dienone is 1. The lowest BCUT2D eigenvalue weighted by Gasteiger charge is -2.29. The average molecular weight is 159 g/mol. The van der Waals surface area contributed by atoms with Crippen LogP contribution in [0.4, 0.5) is 0 Å². The minimum absolute atomic E-state index is 0.0833. The fourth-order valence-electron chi connectivity index (χ4n) is 1.65. The molecule has 0 saturated heterocycles. The minimum atomic E-state index is 0.0833. The minimum Gasteiger partial charge on any atom is -0.119 e. The van der Waals surface area contributed by atoms with Crippen LogP contribution in [0.5, 0.6) is 0 Å². The van der Waals surface area contributed by atoms with Gasteiger partial charge < -0.3 is 0 Å². The maximum atomic E-state index is 6.30. The first-order valence-electron chi connectivity index (χ1n) is 4.07. The van der Waals surface area contributed by atoms with Crippen LogP contribution in [-0.4, -0.2) is 4.87 Å². The molecule has 0 heterocycles. The second-order valence-corrected chi connectivity index (χ2v) is 4.01. The van der Waals surface area contributed by atoms with E-state index < -0.39 is 0 Å². The third-order valence-electron chi connectivity index (χ3n) is 2.26. The van der Waals surface area contributed by atoms with Crippen LogP contribution in [0, 0.1) is 0 Å². The predicted molar refractivity (Wildman–Crippen MR) is 46.5 cm³/mol. The van der Waals surface area contributed by atoms with Gasteiger partial charge in [0.15, 0.2) is 0 Å². The smallest absolute Gasteiger partial charge is 0.0481 e. The van der Waals surface area contributed by atoms with E-state index in [1.165, 1.54) is 32.1 Å². The van der Waals surface area contributed by atoms with E-state index in [1.807, 2.05) is 6.08 Å². The van der Waals surface area contributed by atoms with E-state index in [-0.39, 0.29) is 4.87 Å². The van der Waals surface area contributed by atoms with Gasteiger partial charge in [-0.2, -0.15) is 0 Å². The highest BCUT2D eigenvalue weighted by Crippen LogP contribution is 2.36. The van der Waals surface area contributed by atoms with Crippen molar-refractivity contribution in [2.24, 2.45) is 0 Å². The topological polar surface area (TPSA) is 0 Å². The van der Waals surface area contributed by atoms with E-state index >= 15 is 0 Å². The summed E-state index contributed by atoms with van der Waals surface area (Å²) in [5.41, 5.74) is 0. The standard InChI is InChI=1S/C9H15Cl/c1-2-6-9(10)7-4-3-5-8-9/h2H,1,3-8H2. The van der Waals surface area contributed by atoms with E-state index in [4.69, 9.17) is 11.6 Å². The number of alkyl halides is 1. The van der Waals surface area contributed by atoms with Crippen LogP contribution in [0.25, 0.3) is 0 Å². The van der Waals surface area contributed by atoms with Crippen molar-refractivity contribution in [1.29, 1.82) is 0 Å². The average Bonchev–Trinajstić information content (AvgIpc) is 1.89. The fourth-order valence-corrected chi connectivity index (χ4v) is 2.02. The zero-order valence-electron chi connectivity index (χ0n) is 6.41. The van der Waals surface area contributed by atoms with Crippen LogP contribution in [-0.2, 0) is 0 Å². The van der Waals surface area contributed by atoms with Crippen LogP contribution >= 0.6 is 11.6 Å². The Bertz CT molecular complexity index is 112. The second kappa shape index (κ2) is 3.43. The lowest BCUT2D eigenvalue weighted by molar-refractivity contribution is 0.392. The second-order valence-electron chi connectivity index (χ2n) is 3.20. The molecule has 0 amide bonds. The van der Waals surface area contributed by atoms with E-state index in [1.54, 1.807) is 0 Å². The molecule has 1 fully saturated rings. The van der Waals surface area contributed by atoms with Gasteiger partial charge in [0.25, 0.3) is 0 Å². The molecule has 10 heavy (non-hydrogen) atoms. The molecular weight excluding hydrogens is 144 g/mol. The van der Waals surface area contributed by atoms with Gasteiger partial charge in [0, 0.05) is 4.87 Å². The lowest BCUT2D eigenvalue weighted by Crippen LogP contribution is -2.23. The van der Waals surface area contributed by atoms with Gasteiger partial charge in [0.1, 0.15) is 0 Å². The molecule has 0 unspecified atom stereocenters. The summed E-state index contributed by atoms with van der Waals surface area (Å²) >= 11 is 6.30. The number of hydrogen-bond donors (Lipinski definition) is 0. The highest BCUT2D eigenvalue weighted by atomic mass is 35.5. The van der Waals surface area contributed by atoms with Crippen molar-refractivity contribution >= 4 is 11.6 Å². The summed E-state index contributed by atoms with van der Waals surface area (Å²) in [6.45, 7) is 3.72. The number of halogens is 1. The van der Waals surface area contributed by atoms with Crippen molar-refractivity contribution in [2.45, 2.75) is 43.4 Å². The van der Waals surface area contributed by atoms with Gasteiger partial charge in [-0.25, -0.2) is 0 Å². The molecule has 0 aromatic rings. The Morgan fingerprint density at radius 1 is 1.30 bits per heavy atom. The summed E-state index contributed by atoms with van der Waals surface area (Å²) in [7, 11) is 0. The third kappa shape index (κ3) is 2.02. The molecule has 58 valence electrons. The Morgan fingerprint density at radius 3 is 2.40 bits per heavy atom. The molecule has 1 rings (SSSR count). The molecule has 0 aliphatic heterocycles. The molecule has 0 bridgehead atoms. The van der Waals surface area contributed by atoms with Crippen molar-refractivity contribution in [3.63, 3.8) is 0 Å². The van der Waals surface area contributed by atoms with Crippen molar-refractivity contribution < 1.29 is 0 Å². The highest BCUT2D eigenvalue weighted by molar-refractivity contribution is 6.24. The molecule has 0 atom stereocenters. The van der Waals surface area contributed by atoms with Gasteiger partial charge >= 0.3 is 0 Å². The maximum absolute atomic E-state index is 6.30. The third-order valence-corrected chi connectivity index (χ3v) is 2.79. The van der Waals surface area contributed by atoms with Crippen molar-refractivity contribution in [1.82, 2.24) is 0 Å². The maximum Gasteiger partial charge on any atom is 0.0481 e. The monoisotopic (exact) mass is 158 g/mol. The summed E-state index contributed by atoms with van der Waals surface area (Å²) in [6.07, 6.45) is 9.26. The quantitative estimate of drug-likeness (QED) is 0.426. The molecule has 1 saturated carbocycles. The highest BCUT2D eigenvalue weighted by Gasteiger charge is 2.27. The number of hydrogen-bond acceptors (Lipinski definition) is 0. The van der Waals surface area contributed by atoms with Crippen LogP contribution < -0.4 is 0 Å². The van der Waals surface area contributed by atoms with Crippen molar-refractivity contribution in [2.75, 3.05) is 0 Å². The molecule has 1 heteroatoms. The zero-order chi connectivity index (χ0) is 7.45. The summed E-state index contributed by atoms with van der Waals surface area (Å²) in [5.74, 6) is 0. The summed E-state index contributed by atoms with van der Waals surface area (Å²) < 4.78 is 0. The van der Waals surface area contributed by atoms with E-state index in [9.17, 15) is 0 Å². The molecule has 0 aromatic heterocycles. The van der Waals surface area contributed by atoms with Crippen LogP contribution in [0.2, 0.25) is 0 Å². The fraction of sp³-hybridized carbons (Fsp3) is 0.778. The van der Waals surface area contributed by atoms with Gasteiger partial charge in [0.2, 0.25) is 0 Å². The van der Waals surface area contributed by atoms with Crippen LogP contribution in [0.15, 0.2) is 12.7 Å². The predicted octanol–water partition coefficient (Wildman–Crippen LogP) is 3.50. The first kappa shape index (κ1) is 8.13. The zero-order valence-corrected chi connectivity index (χ0v) is 7.16. The Kier molecular flexibility index (Phi) is 2.79. The number of rotatable bonds is 2. The van der Waals surface area contributed by atoms with Crippen molar-refractivity contribution in [3.8, 4) is 0 Å². The van der Waals surface area contributed by atoms with Gasteiger partial charge in [0.05, 0.1) is 0 Å². The van der Waals surface area contributed by atoms with E-state index in [0.29, 0.717) is 0 Å². The molecule has 1 aliphatic rings. The SMILES string of the molecule is C=CCC1(Cl)CCCCC1. The van der Waals surface area contributed by atoms with Crippen LogP contribution in [0.1, 0.15) is 38.5 Å². The van der Waals surface area contributed by atoms with Gasteiger partial charge in [-0.15, -0.1) is 18.2 Å². The first-order chi connectivity index (χ1) is 4.77. The van der Waals surface area contributed by atoms with Gasteiger partial charge in [-0.3, -0.25) is 0 Å². The molecule has 0 nitrogen and oxygen atoms in total. The molecule has 0 spiro atoms. The molecule has 0 aromatic carbocycles. The lowest BCUT2D eigenvalue weighted by atomic mass is 9.86. The normalized spacial score (nSPS) is 24.1. The van der Waals surface area contributed by atoms with E-state index in [2.05, 4.69) is 6.58 Å². The Morgan fingerprint density at radius 2 is 1.90 bits per heavy atom. The first-order valence-corrected chi connectivity index (χ1v) is 4.44. The van der Waals surface area contributed by atoms with Crippen LogP contribution in [0.3, 0.4) is 0 Å². The summed E-state index contributed by atoms with van der Waals surface area (Å²) in [5, 5.41) is 0. The van der Waals surface area contributed by atoms with Crippen molar-refractivity contribution in [3.05, 3.63) is 12.7 Å². The van der Waals surface area contributed by atoms with Gasteiger partial charge in [-0.1, -0.05) is 25.3 Å². The Labute approximate surface area is 68.3 Å². The summed E-state index contributed by atoms with van der Waals surface area (Å²) in [6, 6.07) is 0. The molecule has 1 aliphatic carbocycles. The summed E-state index contributed by atoms with van der Waals surface area (Å²) in [4.78, 5) is 0.0833. The molecule has 0 radical (unpaired) electrons. The molecular formula is C9H15Cl. The Balaban J connectivity index is 2.39. The van der Waals surface area contributed by atoms with E-state index in [0.717, 1.165) is 6.42 Å². The molecule has 0 N–H and O–H groups in total.